The molecule has 1 saturated carbocycles. The van der Waals surface area contributed by atoms with Gasteiger partial charge in [0.15, 0.2) is 0 Å². The fourth-order valence-electron chi connectivity index (χ4n) is 3.48. The van der Waals surface area contributed by atoms with Crippen LogP contribution in [-0.2, 0) is 0 Å². The molecule has 2 aromatic rings. The molecule has 0 spiro atoms. The zero-order valence-electron chi connectivity index (χ0n) is 13.0. The monoisotopic (exact) mass is 282 g/mol. The Balaban J connectivity index is 1.81. The summed E-state index contributed by atoms with van der Waals surface area (Å²) in [5, 5.41) is 4.95. The second-order valence-corrected chi connectivity index (χ2v) is 6.32. The van der Waals surface area contributed by atoms with Crippen LogP contribution in [0.4, 0.5) is 0 Å². The lowest BCUT2D eigenvalue weighted by Gasteiger charge is -2.22. The van der Waals surface area contributed by atoms with Gasteiger partial charge in [-0.3, -0.25) is 4.98 Å². The highest BCUT2D eigenvalue weighted by molar-refractivity contribution is 5.78. The van der Waals surface area contributed by atoms with Crippen LogP contribution >= 0.6 is 0 Å². The zero-order chi connectivity index (χ0) is 14.5. The lowest BCUT2D eigenvalue weighted by molar-refractivity contribution is 0.390. The highest BCUT2D eigenvalue weighted by atomic mass is 14.9. The van der Waals surface area contributed by atoms with Gasteiger partial charge in [0.05, 0.1) is 11.2 Å². The minimum Gasteiger partial charge on any atom is -0.309 e. The van der Waals surface area contributed by atoms with Crippen molar-refractivity contribution in [2.75, 3.05) is 6.54 Å². The summed E-state index contributed by atoms with van der Waals surface area (Å²) < 4.78 is 0. The van der Waals surface area contributed by atoms with Gasteiger partial charge in [-0.15, -0.1) is 0 Å². The largest absolute Gasteiger partial charge is 0.309 e. The smallest absolute Gasteiger partial charge is 0.0706 e. The summed E-state index contributed by atoms with van der Waals surface area (Å²) in [6, 6.07) is 13.2. The number of nitrogens with one attached hydrogen (secondary N) is 1. The number of aromatic nitrogens is 1. The van der Waals surface area contributed by atoms with E-state index in [9.17, 15) is 0 Å². The molecule has 1 aromatic carbocycles. The Morgan fingerprint density at radius 3 is 2.76 bits per heavy atom. The third-order valence-electron chi connectivity index (χ3n) is 4.66. The van der Waals surface area contributed by atoms with Crippen molar-refractivity contribution in [2.24, 2.45) is 5.92 Å². The van der Waals surface area contributed by atoms with E-state index in [-0.39, 0.29) is 0 Å². The zero-order valence-corrected chi connectivity index (χ0v) is 13.0. The first-order valence-electron chi connectivity index (χ1n) is 8.46. The van der Waals surface area contributed by atoms with Crippen LogP contribution < -0.4 is 5.32 Å². The number of nitrogens with zero attached hydrogens (tertiary/aromatic N) is 1. The molecule has 1 aliphatic carbocycles. The summed E-state index contributed by atoms with van der Waals surface area (Å²) >= 11 is 0. The third-order valence-corrected chi connectivity index (χ3v) is 4.66. The van der Waals surface area contributed by atoms with Gasteiger partial charge < -0.3 is 5.32 Å². The predicted octanol–water partition coefficient (Wildman–Crippen LogP) is 4.86. The maximum atomic E-state index is 4.91. The van der Waals surface area contributed by atoms with Crippen molar-refractivity contribution in [3.05, 3.63) is 42.1 Å². The molecule has 1 fully saturated rings. The predicted molar refractivity (Wildman–Crippen MR) is 89.4 cm³/mol. The van der Waals surface area contributed by atoms with Gasteiger partial charge in [0.1, 0.15) is 0 Å². The summed E-state index contributed by atoms with van der Waals surface area (Å²) in [6.45, 7) is 3.30. The van der Waals surface area contributed by atoms with Crippen LogP contribution in [0.25, 0.3) is 10.9 Å². The molecule has 0 saturated heterocycles. The van der Waals surface area contributed by atoms with Crippen molar-refractivity contribution in [2.45, 2.75) is 51.5 Å². The van der Waals surface area contributed by atoms with Gasteiger partial charge in [-0.2, -0.15) is 0 Å². The number of pyridine rings is 1. The molecule has 2 nitrogen and oxygen atoms in total. The molecule has 1 aliphatic rings. The average molecular weight is 282 g/mol. The SMILES string of the molecule is CCCNC(CC1CCCC1)c1ccc2ccccc2n1. The fraction of sp³-hybridized carbons (Fsp3) is 0.526. The summed E-state index contributed by atoms with van der Waals surface area (Å²) in [4.78, 5) is 4.91. The molecule has 1 N–H and O–H groups in total. The van der Waals surface area contributed by atoms with E-state index in [4.69, 9.17) is 4.98 Å². The highest BCUT2D eigenvalue weighted by Crippen LogP contribution is 2.33. The maximum Gasteiger partial charge on any atom is 0.0706 e. The number of benzene rings is 1. The minimum atomic E-state index is 0.414. The Morgan fingerprint density at radius 2 is 1.95 bits per heavy atom. The van der Waals surface area contributed by atoms with E-state index in [1.165, 1.54) is 49.6 Å². The van der Waals surface area contributed by atoms with Gasteiger partial charge in [0.2, 0.25) is 0 Å². The van der Waals surface area contributed by atoms with Gasteiger partial charge >= 0.3 is 0 Å². The topological polar surface area (TPSA) is 24.9 Å². The molecule has 1 unspecified atom stereocenters. The number of hydrogen-bond donors (Lipinski definition) is 1. The van der Waals surface area contributed by atoms with E-state index in [1.54, 1.807) is 0 Å². The van der Waals surface area contributed by atoms with Crippen molar-refractivity contribution in [1.82, 2.24) is 10.3 Å². The third kappa shape index (κ3) is 3.62. The van der Waals surface area contributed by atoms with E-state index in [1.807, 2.05) is 0 Å². The molecular weight excluding hydrogens is 256 g/mol. The second-order valence-electron chi connectivity index (χ2n) is 6.32. The van der Waals surface area contributed by atoms with Crippen molar-refractivity contribution < 1.29 is 0 Å². The Morgan fingerprint density at radius 1 is 1.14 bits per heavy atom. The molecule has 21 heavy (non-hydrogen) atoms. The lowest BCUT2D eigenvalue weighted by Crippen LogP contribution is -2.25. The van der Waals surface area contributed by atoms with Gasteiger partial charge in [0, 0.05) is 11.4 Å². The average Bonchev–Trinajstić information content (AvgIpc) is 3.04. The first kappa shape index (κ1) is 14.5. The summed E-state index contributed by atoms with van der Waals surface area (Å²) in [7, 11) is 0. The summed E-state index contributed by atoms with van der Waals surface area (Å²) in [5.74, 6) is 0.882. The van der Waals surface area contributed by atoms with Crippen molar-refractivity contribution in [3.8, 4) is 0 Å². The Labute approximate surface area is 128 Å². The Bertz CT molecular complexity index is 573. The minimum absolute atomic E-state index is 0.414. The molecule has 0 amide bonds. The van der Waals surface area contributed by atoms with E-state index in [0.29, 0.717) is 6.04 Å². The first-order valence-corrected chi connectivity index (χ1v) is 8.46. The van der Waals surface area contributed by atoms with Crippen molar-refractivity contribution in [1.29, 1.82) is 0 Å². The molecular formula is C19H26N2. The highest BCUT2D eigenvalue weighted by Gasteiger charge is 2.21. The van der Waals surface area contributed by atoms with Crippen molar-refractivity contribution in [3.63, 3.8) is 0 Å². The van der Waals surface area contributed by atoms with Crippen LogP contribution in [-0.4, -0.2) is 11.5 Å². The van der Waals surface area contributed by atoms with Gasteiger partial charge in [0.25, 0.3) is 0 Å². The van der Waals surface area contributed by atoms with Crippen LogP contribution in [0.2, 0.25) is 0 Å². The molecule has 1 aromatic heterocycles. The van der Waals surface area contributed by atoms with E-state index in [0.717, 1.165) is 18.0 Å². The Kier molecular flexibility index (Phi) is 4.87. The number of rotatable bonds is 6. The first-order chi connectivity index (χ1) is 10.4. The summed E-state index contributed by atoms with van der Waals surface area (Å²) in [5.41, 5.74) is 2.33. The molecule has 2 heteroatoms. The molecule has 1 atom stereocenters. The molecule has 0 radical (unpaired) electrons. The van der Waals surface area contributed by atoms with Crippen LogP contribution in [0, 0.1) is 5.92 Å². The van der Waals surface area contributed by atoms with Crippen LogP contribution in [0.3, 0.4) is 0 Å². The molecule has 0 aliphatic heterocycles. The standard InChI is InChI=1S/C19H26N2/c1-2-13-20-19(14-15-7-3-4-8-15)18-12-11-16-9-5-6-10-17(16)21-18/h5-6,9-12,15,19-20H,2-4,7-8,13-14H2,1H3. The normalized spacial score (nSPS) is 17.4. The van der Waals surface area contributed by atoms with Crippen molar-refractivity contribution >= 4 is 10.9 Å². The molecule has 0 bridgehead atoms. The second kappa shape index (κ2) is 7.04. The molecule has 1 heterocycles. The fourth-order valence-corrected chi connectivity index (χ4v) is 3.48. The molecule has 3 rings (SSSR count). The van der Waals surface area contributed by atoms with E-state index >= 15 is 0 Å². The van der Waals surface area contributed by atoms with Crippen LogP contribution in [0.15, 0.2) is 36.4 Å². The Hall–Kier alpha value is -1.41. The van der Waals surface area contributed by atoms with E-state index in [2.05, 4.69) is 48.6 Å². The van der Waals surface area contributed by atoms with Gasteiger partial charge in [-0.05, 0) is 37.4 Å². The summed E-state index contributed by atoms with van der Waals surface area (Å²) in [6.07, 6.45) is 8.04. The van der Waals surface area contributed by atoms with Crippen LogP contribution in [0.1, 0.15) is 57.2 Å². The van der Waals surface area contributed by atoms with E-state index < -0.39 is 0 Å². The molecule has 112 valence electrons. The van der Waals surface area contributed by atoms with Gasteiger partial charge in [-0.1, -0.05) is 56.9 Å². The number of fused-ring (bicyclic) bond motifs is 1. The number of para-hydroxylation sites is 1. The maximum absolute atomic E-state index is 4.91. The van der Waals surface area contributed by atoms with Gasteiger partial charge in [-0.25, -0.2) is 0 Å². The number of hydrogen-bond acceptors (Lipinski definition) is 2. The lowest BCUT2D eigenvalue weighted by atomic mass is 9.95. The van der Waals surface area contributed by atoms with Crippen LogP contribution in [0.5, 0.6) is 0 Å². The quantitative estimate of drug-likeness (QED) is 0.818.